The second-order valence-electron chi connectivity index (χ2n) is 9.34. The van der Waals surface area contributed by atoms with Crippen LogP contribution in [0.25, 0.3) is 0 Å². The van der Waals surface area contributed by atoms with E-state index in [1.165, 1.54) is 0 Å². The molecule has 1 aromatic heterocycles. The number of halogens is 4. The molecule has 2 aliphatic heterocycles. The summed E-state index contributed by atoms with van der Waals surface area (Å²) in [6.45, 7) is 5.07. The molecule has 0 unspecified atom stereocenters. The van der Waals surface area contributed by atoms with Crippen molar-refractivity contribution >= 4 is 40.7 Å². The van der Waals surface area contributed by atoms with Crippen molar-refractivity contribution in [3.8, 4) is 0 Å². The maximum Gasteiger partial charge on any atom is 0.433 e. The minimum absolute atomic E-state index is 0.162. The molecular formula is C24H29ClF3N5OS. The van der Waals surface area contributed by atoms with Crippen molar-refractivity contribution in [2.24, 2.45) is 5.92 Å². The van der Waals surface area contributed by atoms with Crippen molar-refractivity contribution in [3.05, 3.63) is 46.6 Å². The molecule has 190 valence electrons. The molecule has 6 nitrogen and oxygen atoms in total. The van der Waals surface area contributed by atoms with Crippen molar-refractivity contribution in [2.75, 3.05) is 43.1 Å². The van der Waals surface area contributed by atoms with Gasteiger partial charge < -0.3 is 20.3 Å². The van der Waals surface area contributed by atoms with Crippen LogP contribution in [0.15, 0.2) is 30.3 Å². The fraction of sp³-hybridized carbons (Fsp3) is 0.542. The predicted molar refractivity (Wildman–Crippen MR) is 135 cm³/mol. The lowest BCUT2D eigenvalue weighted by atomic mass is 9.74. The van der Waals surface area contributed by atoms with Crippen LogP contribution in [0.2, 0.25) is 5.02 Å². The third-order valence-electron chi connectivity index (χ3n) is 6.68. The third-order valence-corrected chi connectivity index (χ3v) is 7.17. The van der Waals surface area contributed by atoms with E-state index >= 15 is 0 Å². The Kier molecular flexibility index (Phi) is 8.02. The molecule has 0 radical (unpaired) electrons. The molecule has 4 rings (SSSR count). The van der Waals surface area contributed by atoms with Crippen LogP contribution in [0.5, 0.6) is 0 Å². The molecule has 2 N–H and O–H groups in total. The Labute approximate surface area is 213 Å². The highest BCUT2D eigenvalue weighted by Gasteiger charge is 2.36. The number of aromatic nitrogens is 2. The Morgan fingerprint density at radius 2 is 2.03 bits per heavy atom. The van der Waals surface area contributed by atoms with Crippen LogP contribution in [0.4, 0.5) is 24.9 Å². The Hall–Kier alpha value is -2.17. The Morgan fingerprint density at radius 1 is 1.26 bits per heavy atom. The Morgan fingerprint density at radius 3 is 2.71 bits per heavy atom. The summed E-state index contributed by atoms with van der Waals surface area (Å²) in [5.41, 5.74) is -0.190. The summed E-state index contributed by atoms with van der Waals surface area (Å²) in [6.07, 6.45) is -1.11. The average molecular weight is 528 g/mol. The second kappa shape index (κ2) is 10.8. The van der Waals surface area contributed by atoms with Crippen molar-refractivity contribution in [1.29, 1.82) is 0 Å². The van der Waals surface area contributed by atoms with Gasteiger partial charge in [0.25, 0.3) is 0 Å². The SMILES string of the molecule is C[C@H]1CCCN(c2cc(C(F)(F)F)nc(NC(=S)NCC3(c4cccc(Cl)c4)CCOCC3)n2)C1. The first-order valence-electron chi connectivity index (χ1n) is 11.7. The van der Waals surface area contributed by atoms with Gasteiger partial charge in [0.1, 0.15) is 5.82 Å². The minimum Gasteiger partial charge on any atom is -0.381 e. The van der Waals surface area contributed by atoms with Gasteiger partial charge >= 0.3 is 6.18 Å². The molecule has 1 atom stereocenters. The maximum absolute atomic E-state index is 13.6. The fourth-order valence-corrected chi connectivity index (χ4v) is 5.09. The first-order chi connectivity index (χ1) is 16.6. The summed E-state index contributed by atoms with van der Waals surface area (Å²) in [4.78, 5) is 9.95. The first-order valence-corrected chi connectivity index (χ1v) is 12.5. The zero-order chi connectivity index (χ0) is 25.1. The molecule has 0 amide bonds. The molecule has 0 spiro atoms. The van der Waals surface area contributed by atoms with E-state index in [1.54, 1.807) is 0 Å². The van der Waals surface area contributed by atoms with Crippen LogP contribution in [0.1, 0.15) is 43.9 Å². The Balaban J connectivity index is 1.51. The van der Waals surface area contributed by atoms with E-state index in [1.807, 2.05) is 29.2 Å². The standard InChI is InChI=1S/C24H29ClF3N5OS/c1-16-4-3-9-33(14-16)20-13-19(24(26,27)28)30-21(31-20)32-22(35)29-15-23(7-10-34-11-8-23)17-5-2-6-18(25)12-17/h2,5-6,12-13,16H,3-4,7-11,14-15H2,1H3,(H2,29,30,31,32,35)/t16-/m0/s1. The van der Waals surface area contributed by atoms with Gasteiger partial charge in [-0.05, 0) is 61.5 Å². The number of rotatable bonds is 5. The summed E-state index contributed by atoms with van der Waals surface area (Å²) in [6, 6.07) is 8.70. The van der Waals surface area contributed by atoms with E-state index < -0.39 is 11.9 Å². The van der Waals surface area contributed by atoms with Gasteiger partial charge in [0, 0.05) is 49.4 Å². The largest absolute Gasteiger partial charge is 0.433 e. The maximum atomic E-state index is 13.6. The molecule has 0 aliphatic carbocycles. The van der Waals surface area contributed by atoms with E-state index in [2.05, 4.69) is 27.5 Å². The van der Waals surface area contributed by atoms with Gasteiger partial charge in [0.2, 0.25) is 5.95 Å². The lowest BCUT2D eigenvalue weighted by molar-refractivity contribution is -0.141. The van der Waals surface area contributed by atoms with Gasteiger partial charge in [-0.2, -0.15) is 18.2 Å². The van der Waals surface area contributed by atoms with Gasteiger partial charge in [-0.1, -0.05) is 30.7 Å². The number of nitrogens with zero attached hydrogens (tertiary/aromatic N) is 3. The highest BCUT2D eigenvalue weighted by atomic mass is 35.5. The molecule has 0 bridgehead atoms. The van der Waals surface area contributed by atoms with Gasteiger partial charge in [-0.15, -0.1) is 0 Å². The number of benzene rings is 1. The topological polar surface area (TPSA) is 62.3 Å². The van der Waals surface area contributed by atoms with Crippen molar-refractivity contribution in [2.45, 2.75) is 44.2 Å². The number of hydrogen-bond donors (Lipinski definition) is 2. The minimum atomic E-state index is -4.59. The van der Waals surface area contributed by atoms with E-state index in [4.69, 9.17) is 28.6 Å². The van der Waals surface area contributed by atoms with Gasteiger partial charge in [-0.25, -0.2) is 4.98 Å². The molecule has 2 aromatic rings. The van der Waals surface area contributed by atoms with Gasteiger partial charge in [0.05, 0.1) is 0 Å². The smallest absolute Gasteiger partial charge is 0.381 e. The van der Waals surface area contributed by atoms with Gasteiger partial charge in [0.15, 0.2) is 10.8 Å². The van der Waals surface area contributed by atoms with E-state index in [9.17, 15) is 13.2 Å². The summed E-state index contributed by atoms with van der Waals surface area (Å²) in [5, 5.41) is 6.76. The predicted octanol–water partition coefficient (Wildman–Crippen LogP) is 5.42. The van der Waals surface area contributed by atoms with E-state index in [0.29, 0.717) is 43.8 Å². The molecular weight excluding hydrogens is 499 g/mol. The average Bonchev–Trinajstić information content (AvgIpc) is 2.83. The van der Waals surface area contributed by atoms with Crippen LogP contribution in [-0.4, -0.2) is 47.9 Å². The summed E-state index contributed by atoms with van der Waals surface area (Å²) < 4.78 is 46.3. The van der Waals surface area contributed by atoms with E-state index in [0.717, 1.165) is 37.3 Å². The molecule has 0 saturated carbocycles. The number of nitrogens with one attached hydrogen (secondary N) is 2. The zero-order valence-electron chi connectivity index (χ0n) is 19.5. The van der Waals surface area contributed by atoms with Crippen LogP contribution in [0.3, 0.4) is 0 Å². The van der Waals surface area contributed by atoms with Crippen LogP contribution in [0, 0.1) is 5.92 Å². The summed E-state index contributed by atoms with van der Waals surface area (Å²) in [5.74, 6) is 0.465. The quantitative estimate of drug-likeness (QED) is 0.503. The van der Waals surface area contributed by atoms with Crippen molar-refractivity contribution in [1.82, 2.24) is 15.3 Å². The Bertz CT molecular complexity index is 1050. The number of ether oxygens (including phenoxy) is 1. The summed E-state index contributed by atoms with van der Waals surface area (Å²) in [7, 11) is 0. The van der Waals surface area contributed by atoms with Crippen molar-refractivity contribution in [3.63, 3.8) is 0 Å². The molecule has 2 fully saturated rings. The van der Waals surface area contributed by atoms with Crippen LogP contribution < -0.4 is 15.5 Å². The van der Waals surface area contributed by atoms with E-state index in [-0.39, 0.29) is 22.3 Å². The van der Waals surface area contributed by atoms with Crippen LogP contribution >= 0.6 is 23.8 Å². The van der Waals surface area contributed by atoms with Gasteiger partial charge in [-0.3, -0.25) is 0 Å². The fourth-order valence-electron chi connectivity index (χ4n) is 4.74. The van der Waals surface area contributed by atoms with Crippen molar-refractivity contribution < 1.29 is 17.9 Å². The highest BCUT2D eigenvalue weighted by molar-refractivity contribution is 7.80. The number of hydrogen-bond acceptors (Lipinski definition) is 5. The normalized spacial score (nSPS) is 20.4. The molecule has 1 aromatic carbocycles. The number of thiocarbonyl (C=S) groups is 1. The zero-order valence-corrected chi connectivity index (χ0v) is 21.1. The second-order valence-corrected chi connectivity index (χ2v) is 10.2. The molecule has 2 saturated heterocycles. The lowest BCUT2D eigenvalue weighted by Crippen LogP contribution is -2.45. The first kappa shape index (κ1) is 25.9. The third kappa shape index (κ3) is 6.54. The molecule has 11 heteroatoms. The number of alkyl halides is 3. The number of anilines is 2. The molecule has 35 heavy (non-hydrogen) atoms. The highest BCUT2D eigenvalue weighted by Crippen LogP contribution is 2.36. The van der Waals surface area contributed by atoms with Crippen LogP contribution in [-0.2, 0) is 16.3 Å². The summed E-state index contributed by atoms with van der Waals surface area (Å²) >= 11 is 11.7. The monoisotopic (exact) mass is 527 g/mol. The number of piperidine rings is 1. The lowest BCUT2D eigenvalue weighted by Gasteiger charge is -2.38. The molecule has 2 aliphatic rings. The molecule has 3 heterocycles.